The van der Waals surface area contributed by atoms with Gasteiger partial charge in [0.25, 0.3) is 0 Å². The van der Waals surface area contributed by atoms with Gasteiger partial charge in [0, 0.05) is 30.8 Å². The molecule has 1 aliphatic heterocycles. The van der Waals surface area contributed by atoms with Crippen molar-refractivity contribution in [1.29, 1.82) is 0 Å². The zero-order valence-electron chi connectivity index (χ0n) is 12.9. The Kier molecular flexibility index (Phi) is 5.35. The summed E-state index contributed by atoms with van der Waals surface area (Å²) in [6, 6.07) is -0.312. The highest BCUT2D eigenvalue weighted by atomic mass is 16.5. The normalized spacial score (nSPS) is 23.9. The molecule has 1 heterocycles. The molecule has 0 bridgehead atoms. The van der Waals surface area contributed by atoms with E-state index in [1.54, 1.807) is 7.11 Å². The number of carbonyl (C=O) groups excluding carboxylic acids is 1. The molecule has 0 saturated carbocycles. The molecule has 4 N–H and O–H groups in total. The van der Waals surface area contributed by atoms with Crippen LogP contribution >= 0.6 is 0 Å². The van der Waals surface area contributed by atoms with Gasteiger partial charge in [0.15, 0.2) is 0 Å². The zero-order valence-corrected chi connectivity index (χ0v) is 12.9. The van der Waals surface area contributed by atoms with Crippen molar-refractivity contribution in [2.24, 2.45) is 5.73 Å². The molecule has 0 spiro atoms. The lowest BCUT2D eigenvalue weighted by molar-refractivity contribution is -0.124. The molecule has 5 heteroatoms. The number of amides is 1. The van der Waals surface area contributed by atoms with Crippen LogP contribution in [-0.2, 0) is 9.53 Å². The van der Waals surface area contributed by atoms with Gasteiger partial charge < -0.3 is 21.1 Å². The van der Waals surface area contributed by atoms with Crippen LogP contribution in [0.15, 0.2) is 0 Å². The van der Waals surface area contributed by atoms with Crippen molar-refractivity contribution in [3.63, 3.8) is 0 Å². The minimum absolute atomic E-state index is 0.0241. The Morgan fingerprint density at radius 3 is 2.37 bits per heavy atom. The molecule has 19 heavy (non-hydrogen) atoms. The van der Waals surface area contributed by atoms with Crippen LogP contribution in [-0.4, -0.2) is 42.8 Å². The summed E-state index contributed by atoms with van der Waals surface area (Å²) in [7, 11) is 1.61. The third-order valence-corrected chi connectivity index (χ3v) is 3.51. The molecule has 1 aliphatic rings. The maximum absolute atomic E-state index is 12.0. The van der Waals surface area contributed by atoms with Crippen LogP contribution in [0.4, 0.5) is 0 Å². The van der Waals surface area contributed by atoms with E-state index in [1.807, 2.05) is 0 Å². The summed E-state index contributed by atoms with van der Waals surface area (Å²) in [6.45, 7) is 9.17. The van der Waals surface area contributed by atoms with Crippen molar-refractivity contribution in [2.75, 3.05) is 13.7 Å². The second-order valence-electron chi connectivity index (χ2n) is 6.89. The van der Waals surface area contributed by atoms with Crippen LogP contribution in [0.5, 0.6) is 0 Å². The van der Waals surface area contributed by atoms with Crippen LogP contribution in [0.3, 0.4) is 0 Å². The van der Waals surface area contributed by atoms with Gasteiger partial charge in [0.05, 0.1) is 6.04 Å². The van der Waals surface area contributed by atoms with Crippen molar-refractivity contribution >= 4 is 5.91 Å². The summed E-state index contributed by atoms with van der Waals surface area (Å²) < 4.78 is 4.95. The van der Waals surface area contributed by atoms with Gasteiger partial charge in [0.2, 0.25) is 5.91 Å². The number of ether oxygens (including phenoxy) is 1. The monoisotopic (exact) mass is 271 g/mol. The summed E-state index contributed by atoms with van der Waals surface area (Å²) in [5.41, 5.74) is 5.90. The lowest BCUT2D eigenvalue weighted by Crippen LogP contribution is -2.63. The molecular weight excluding hydrogens is 242 g/mol. The molecule has 1 saturated heterocycles. The van der Waals surface area contributed by atoms with Crippen molar-refractivity contribution in [3.8, 4) is 0 Å². The Morgan fingerprint density at radius 1 is 1.37 bits per heavy atom. The van der Waals surface area contributed by atoms with Gasteiger partial charge in [0.1, 0.15) is 0 Å². The molecule has 0 aromatic carbocycles. The predicted molar refractivity (Wildman–Crippen MR) is 76.9 cm³/mol. The first-order valence-electron chi connectivity index (χ1n) is 6.99. The van der Waals surface area contributed by atoms with Crippen LogP contribution < -0.4 is 16.4 Å². The molecule has 1 unspecified atom stereocenters. The van der Waals surface area contributed by atoms with E-state index in [0.29, 0.717) is 13.0 Å². The number of hydrogen-bond acceptors (Lipinski definition) is 4. The van der Waals surface area contributed by atoms with Gasteiger partial charge in [-0.3, -0.25) is 4.79 Å². The minimum Gasteiger partial charge on any atom is -0.385 e. The van der Waals surface area contributed by atoms with E-state index >= 15 is 0 Å². The topological polar surface area (TPSA) is 76.4 Å². The highest BCUT2D eigenvalue weighted by Crippen LogP contribution is 2.28. The Balaban J connectivity index is 2.54. The first kappa shape index (κ1) is 16.4. The minimum atomic E-state index is -0.485. The Labute approximate surface area is 116 Å². The largest absolute Gasteiger partial charge is 0.385 e. The Hall–Kier alpha value is -0.650. The smallest absolute Gasteiger partial charge is 0.237 e. The zero-order chi connectivity index (χ0) is 14.7. The number of rotatable bonds is 5. The van der Waals surface area contributed by atoms with Gasteiger partial charge in [-0.25, -0.2) is 0 Å². The average Bonchev–Trinajstić information content (AvgIpc) is 2.20. The third kappa shape index (κ3) is 5.47. The molecule has 112 valence electrons. The SMILES string of the molecule is COCCC(N)C(=O)NC1CC(C)(C)NC(C)(C)C1. The number of piperidine rings is 1. The summed E-state index contributed by atoms with van der Waals surface area (Å²) >= 11 is 0. The Morgan fingerprint density at radius 2 is 1.89 bits per heavy atom. The standard InChI is InChI=1S/C14H29N3O2/c1-13(2)8-10(9-14(3,4)17-13)16-12(18)11(15)6-7-19-5/h10-11,17H,6-9,15H2,1-5H3,(H,16,18). The second kappa shape index (κ2) is 6.20. The Bertz CT molecular complexity index is 300. The number of nitrogens with two attached hydrogens (primary N) is 1. The number of hydrogen-bond donors (Lipinski definition) is 3. The van der Waals surface area contributed by atoms with Crippen molar-refractivity contribution in [2.45, 2.75) is 70.1 Å². The molecule has 0 aromatic rings. The summed E-state index contributed by atoms with van der Waals surface area (Å²) in [6.07, 6.45) is 2.39. The first-order valence-corrected chi connectivity index (χ1v) is 6.99. The molecule has 5 nitrogen and oxygen atoms in total. The van der Waals surface area contributed by atoms with E-state index in [2.05, 4.69) is 38.3 Å². The van der Waals surface area contributed by atoms with E-state index in [0.717, 1.165) is 12.8 Å². The fourth-order valence-electron chi connectivity index (χ4n) is 3.11. The number of nitrogens with one attached hydrogen (secondary N) is 2. The third-order valence-electron chi connectivity index (χ3n) is 3.51. The predicted octanol–water partition coefficient (Wildman–Crippen LogP) is 0.776. The van der Waals surface area contributed by atoms with Gasteiger partial charge in [-0.15, -0.1) is 0 Å². The lowest BCUT2D eigenvalue weighted by Gasteiger charge is -2.46. The summed E-state index contributed by atoms with van der Waals surface area (Å²) in [4.78, 5) is 12.0. The van der Waals surface area contributed by atoms with E-state index in [4.69, 9.17) is 10.5 Å². The second-order valence-corrected chi connectivity index (χ2v) is 6.89. The van der Waals surface area contributed by atoms with Gasteiger partial charge in [-0.05, 0) is 47.0 Å². The van der Waals surface area contributed by atoms with Crippen molar-refractivity contribution in [1.82, 2.24) is 10.6 Å². The molecular formula is C14H29N3O2. The molecule has 0 aliphatic carbocycles. The average molecular weight is 271 g/mol. The van der Waals surface area contributed by atoms with Gasteiger partial charge in [-0.1, -0.05) is 0 Å². The van der Waals surface area contributed by atoms with Crippen LogP contribution in [0.2, 0.25) is 0 Å². The summed E-state index contributed by atoms with van der Waals surface area (Å²) in [5, 5.41) is 6.68. The maximum Gasteiger partial charge on any atom is 0.237 e. The van der Waals surface area contributed by atoms with Gasteiger partial charge >= 0.3 is 0 Å². The fraction of sp³-hybridized carbons (Fsp3) is 0.929. The van der Waals surface area contributed by atoms with E-state index in [9.17, 15) is 4.79 Å². The van der Waals surface area contributed by atoms with Crippen LogP contribution in [0.1, 0.15) is 47.0 Å². The highest BCUT2D eigenvalue weighted by Gasteiger charge is 2.38. The van der Waals surface area contributed by atoms with E-state index < -0.39 is 6.04 Å². The highest BCUT2D eigenvalue weighted by molar-refractivity contribution is 5.81. The first-order chi connectivity index (χ1) is 8.65. The number of methoxy groups -OCH3 is 1. The molecule has 1 fully saturated rings. The van der Waals surface area contributed by atoms with Crippen molar-refractivity contribution < 1.29 is 9.53 Å². The summed E-state index contributed by atoms with van der Waals surface area (Å²) in [5.74, 6) is -0.0736. The van der Waals surface area contributed by atoms with Crippen LogP contribution in [0.25, 0.3) is 0 Å². The molecule has 1 rings (SSSR count). The molecule has 1 atom stereocenters. The number of carbonyl (C=O) groups is 1. The molecule has 1 amide bonds. The fourth-order valence-corrected chi connectivity index (χ4v) is 3.11. The van der Waals surface area contributed by atoms with Gasteiger partial charge in [-0.2, -0.15) is 0 Å². The lowest BCUT2D eigenvalue weighted by atomic mass is 9.79. The molecule has 0 aromatic heterocycles. The van der Waals surface area contributed by atoms with E-state index in [1.165, 1.54) is 0 Å². The quantitative estimate of drug-likeness (QED) is 0.690. The van der Waals surface area contributed by atoms with Crippen LogP contribution in [0, 0.1) is 0 Å². The van der Waals surface area contributed by atoms with E-state index in [-0.39, 0.29) is 23.0 Å². The molecule has 0 radical (unpaired) electrons. The maximum atomic E-state index is 12.0. The van der Waals surface area contributed by atoms with Crippen molar-refractivity contribution in [3.05, 3.63) is 0 Å².